The number of amides is 3. The molecule has 1 aliphatic heterocycles. The molecule has 0 aliphatic carbocycles. The maximum absolute atomic E-state index is 12.8. The molecule has 3 amide bonds. The fraction of sp³-hybridized carbons (Fsp3) is 0.130. The van der Waals surface area contributed by atoms with Gasteiger partial charge in [-0.2, -0.15) is 0 Å². The van der Waals surface area contributed by atoms with E-state index in [9.17, 15) is 9.59 Å². The van der Waals surface area contributed by atoms with Crippen LogP contribution < -0.4 is 15.5 Å². The minimum Gasteiger partial charge on any atom is -0.331 e. The van der Waals surface area contributed by atoms with Gasteiger partial charge in [0, 0.05) is 22.5 Å². The molecule has 4 rings (SSSR count). The summed E-state index contributed by atoms with van der Waals surface area (Å²) < 4.78 is 0. The van der Waals surface area contributed by atoms with Crippen LogP contribution in [0.4, 0.5) is 16.2 Å². The standard InChI is InChI=1S/C23H21N3O2S/c1-15(16-8-4-3-5-9-16)24-23(28)25-17-12-13-21-19(14-17)26(2)22(27)18-10-6-7-11-20(18)29-21/h3-15H,1-2H3,(H2,24,25,28). The van der Waals surface area contributed by atoms with Gasteiger partial charge in [0.05, 0.1) is 17.3 Å². The number of rotatable bonds is 3. The molecule has 3 aromatic carbocycles. The number of benzene rings is 3. The molecule has 29 heavy (non-hydrogen) atoms. The second kappa shape index (κ2) is 8.01. The SMILES string of the molecule is CC(NC(=O)Nc1ccc2c(c1)N(C)C(=O)c1ccccc1S2)c1ccccc1. The zero-order valence-electron chi connectivity index (χ0n) is 16.2. The van der Waals surface area contributed by atoms with Gasteiger partial charge in [-0.15, -0.1) is 0 Å². The van der Waals surface area contributed by atoms with Crippen molar-refractivity contribution in [2.24, 2.45) is 0 Å². The molecule has 0 radical (unpaired) electrons. The molecule has 2 N–H and O–H groups in total. The van der Waals surface area contributed by atoms with Crippen LogP contribution in [0.25, 0.3) is 0 Å². The first kappa shape index (κ1) is 19.1. The number of hydrogen-bond acceptors (Lipinski definition) is 3. The highest BCUT2D eigenvalue weighted by atomic mass is 32.2. The third-order valence-electron chi connectivity index (χ3n) is 4.87. The Labute approximate surface area is 174 Å². The van der Waals surface area contributed by atoms with E-state index in [1.807, 2.05) is 79.7 Å². The van der Waals surface area contributed by atoms with Gasteiger partial charge in [0.1, 0.15) is 0 Å². The number of urea groups is 1. The van der Waals surface area contributed by atoms with Crippen LogP contribution in [0.1, 0.15) is 28.9 Å². The van der Waals surface area contributed by atoms with E-state index in [2.05, 4.69) is 10.6 Å². The third kappa shape index (κ3) is 3.98. The van der Waals surface area contributed by atoms with E-state index in [1.165, 1.54) is 0 Å². The second-order valence-corrected chi connectivity index (χ2v) is 7.96. The summed E-state index contributed by atoms with van der Waals surface area (Å²) in [7, 11) is 1.76. The fourth-order valence-electron chi connectivity index (χ4n) is 3.27. The summed E-state index contributed by atoms with van der Waals surface area (Å²) in [5.74, 6) is -0.0637. The quantitative estimate of drug-likeness (QED) is 0.623. The number of carbonyl (C=O) groups is 2. The minimum absolute atomic E-state index is 0.0637. The third-order valence-corrected chi connectivity index (χ3v) is 6.01. The summed E-state index contributed by atoms with van der Waals surface area (Å²) in [5, 5.41) is 5.81. The predicted octanol–water partition coefficient (Wildman–Crippen LogP) is 5.31. The average molecular weight is 404 g/mol. The monoisotopic (exact) mass is 403 g/mol. The van der Waals surface area contributed by atoms with E-state index in [0.717, 1.165) is 21.0 Å². The van der Waals surface area contributed by atoms with Crippen LogP contribution in [0, 0.1) is 0 Å². The van der Waals surface area contributed by atoms with Crippen molar-refractivity contribution in [1.82, 2.24) is 5.32 Å². The predicted molar refractivity (Wildman–Crippen MR) is 117 cm³/mol. The second-order valence-electron chi connectivity index (χ2n) is 6.88. The molecule has 3 aromatic rings. The van der Waals surface area contributed by atoms with Crippen LogP contribution in [0.15, 0.2) is 82.6 Å². The number of hydrogen-bond donors (Lipinski definition) is 2. The molecule has 0 bridgehead atoms. The smallest absolute Gasteiger partial charge is 0.319 e. The van der Waals surface area contributed by atoms with Crippen LogP contribution >= 0.6 is 11.8 Å². The molecule has 146 valence electrons. The lowest BCUT2D eigenvalue weighted by Crippen LogP contribution is -2.31. The maximum atomic E-state index is 12.8. The summed E-state index contributed by atoms with van der Waals surface area (Å²) in [6.07, 6.45) is 0. The Kier molecular flexibility index (Phi) is 5.27. The van der Waals surface area contributed by atoms with Crippen molar-refractivity contribution in [3.63, 3.8) is 0 Å². The largest absolute Gasteiger partial charge is 0.331 e. The first-order valence-electron chi connectivity index (χ1n) is 9.34. The van der Waals surface area contributed by atoms with Gasteiger partial charge >= 0.3 is 6.03 Å². The molecule has 1 heterocycles. The van der Waals surface area contributed by atoms with Gasteiger partial charge in [0.25, 0.3) is 5.91 Å². The van der Waals surface area contributed by atoms with Crippen LogP contribution in [0.5, 0.6) is 0 Å². The maximum Gasteiger partial charge on any atom is 0.319 e. The van der Waals surface area contributed by atoms with Crippen molar-refractivity contribution in [2.45, 2.75) is 22.8 Å². The number of fused-ring (bicyclic) bond motifs is 2. The van der Waals surface area contributed by atoms with Gasteiger partial charge in [-0.1, -0.05) is 54.2 Å². The van der Waals surface area contributed by atoms with E-state index in [1.54, 1.807) is 23.7 Å². The van der Waals surface area contributed by atoms with Gasteiger partial charge < -0.3 is 15.5 Å². The molecule has 0 fully saturated rings. The summed E-state index contributed by atoms with van der Waals surface area (Å²) >= 11 is 1.56. The molecule has 0 saturated carbocycles. The van der Waals surface area contributed by atoms with E-state index in [4.69, 9.17) is 0 Å². The number of nitrogens with zero attached hydrogens (tertiary/aromatic N) is 1. The lowest BCUT2D eigenvalue weighted by molar-refractivity contribution is 0.0990. The van der Waals surface area contributed by atoms with Crippen LogP contribution in [0.2, 0.25) is 0 Å². The number of carbonyl (C=O) groups excluding carboxylic acids is 2. The zero-order valence-corrected chi connectivity index (χ0v) is 17.0. The molecule has 1 atom stereocenters. The van der Waals surface area contributed by atoms with Crippen molar-refractivity contribution >= 4 is 35.1 Å². The highest BCUT2D eigenvalue weighted by Gasteiger charge is 2.24. The average Bonchev–Trinajstić information content (AvgIpc) is 2.84. The Balaban J connectivity index is 1.53. The van der Waals surface area contributed by atoms with Gasteiger partial charge in [-0.05, 0) is 42.8 Å². The molecule has 0 aromatic heterocycles. The van der Waals surface area contributed by atoms with Crippen molar-refractivity contribution in [3.8, 4) is 0 Å². The first-order valence-corrected chi connectivity index (χ1v) is 10.2. The zero-order chi connectivity index (χ0) is 20.4. The lowest BCUT2D eigenvalue weighted by atomic mass is 10.1. The molecular weight excluding hydrogens is 382 g/mol. The number of nitrogens with one attached hydrogen (secondary N) is 2. The summed E-state index contributed by atoms with van der Waals surface area (Å²) in [6.45, 7) is 1.94. The van der Waals surface area contributed by atoms with Crippen molar-refractivity contribution < 1.29 is 9.59 Å². The van der Waals surface area contributed by atoms with Crippen molar-refractivity contribution in [1.29, 1.82) is 0 Å². The van der Waals surface area contributed by atoms with Gasteiger partial charge in [0.2, 0.25) is 0 Å². The van der Waals surface area contributed by atoms with Crippen LogP contribution in [-0.2, 0) is 0 Å². The molecule has 6 heteroatoms. The fourth-order valence-corrected chi connectivity index (χ4v) is 4.36. The molecule has 5 nitrogen and oxygen atoms in total. The van der Waals surface area contributed by atoms with Crippen LogP contribution in [0.3, 0.4) is 0 Å². The summed E-state index contributed by atoms with van der Waals surface area (Å²) in [4.78, 5) is 28.8. The highest BCUT2D eigenvalue weighted by Crippen LogP contribution is 2.41. The van der Waals surface area contributed by atoms with Gasteiger partial charge in [0.15, 0.2) is 0 Å². The molecule has 1 aliphatic rings. The summed E-state index contributed by atoms with van der Waals surface area (Å²) in [5.41, 5.74) is 3.11. The van der Waals surface area contributed by atoms with Crippen LogP contribution in [-0.4, -0.2) is 19.0 Å². The topological polar surface area (TPSA) is 61.4 Å². The lowest BCUT2D eigenvalue weighted by Gasteiger charge is -2.19. The van der Waals surface area contributed by atoms with Crippen molar-refractivity contribution in [3.05, 3.63) is 83.9 Å². The highest BCUT2D eigenvalue weighted by molar-refractivity contribution is 7.99. The van der Waals surface area contributed by atoms with E-state index in [0.29, 0.717) is 11.3 Å². The first-order chi connectivity index (χ1) is 14.0. The van der Waals surface area contributed by atoms with E-state index in [-0.39, 0.29) is 18.0 Å². The van der Waals surface area contributed by atoms with Gasteiger partial charge in [-0.25, -0.2) is 4.79 Å². The Morgan fingerprint density at radius 2 is 1.69 bits per heavy atom. The summed E-state index contributed by atoms with van der Waals surface area (Å²) in [6, 6.07) is 22.6. The Bertz CT molecular complexity index is 1070. The molecule has 0 saturated heterocycles. The van der Waals surface area contributed by atoms with E-state index < -0.39 is 0 Å². The molecule has 1 unspecified atom stereocenters. The Morgan fingerprint density at radius 1 is 0.966 bits per heavy atom. The normalized spacial score (nSPS) is 13.7. The molecule has 0 spiro atoms. The van der Waals surface area contributed by atoms with E-state index >= 15 is 0 Å². The Morgan fingerprint density at radius 3 is 2.48 bits per heavy atom. The minimum atomic E-state index is -0.292. The Hall–Kier alpha value is -3.25. The van der Waals surface area contributed by atoms with Gasteiger partial charge in [-0.3, -0.25) is 4.79 Å². The van der Waals surface area contributed by atoms with Crippen molar-refractivity contribution in [2.75, 3.05) is 17.3 Å². The number of anilines is 2. The molecular formula is C23H21N3O2S.